The average Bonchev–Trinajstić information content (AvgIpc) is 2.91. The van der Waals surface area contributed by atoms with Gasteiger partial charge >= 0.3 is 5.97 Å². The number of amides is 2. The Balaban J connectivity index is 0.00000320. The normalized spacial score (nSPS) is 28.9. The predicted octanol–water partition coefficient (Wildman–Crippen LogP) is 0.316. The van der Waals surface area contributed by atoms with Crippen LogP contribution in [0.1, 0.15) is 20.7 Å². The number of benzene rings is 1. The Morgan fingerprint density at radius 3 is 2.64 bits per heavy atom. The van der Waals surface area contributed by atoms with E-state index in [0.717, 1.165) is 0 Å². The molecule has 1 radical (unpaired) electrons. The number of nitrogens with one attached hydrogen (secondary N) is 1. The van der Waals surface area contributed by atoms with Gasteiger partial charge in [-0.1, -0.05) is 18.1 Å². The molecule has 0 aliphatic carbocycles. The molecule has 0 spiro atoms. The molecule has 9 heteroatoms. The van der Waals surface area contributed by atoms with E-state index in [2.05, 4.69) is 5.32 Å². The molecule has 2 saturated heterocycles. The number of carboxylic acids is 1. The third-order valence-corrected chi connectivity index (χ3v) is 5.39. The van der Waals surface area contributed by atoms with Gasteiger partial charge in [-0.25, -0.2) is 4.79 Å². The second kappa shape index (κ2) is 7.97. The minimum atomic E-state index is -1.12. The van der Waals surface area contributed by atoms with Gasteiger partial charge in [0.15, 0.2) is 6.61 Å². The summed E-state index contributed by atoms with van der Waals surface area (Å²) in [7, 11) is 0. The van der Waals surface area contributed by atoms with E-state index < -0.39 is 82.6 Å². The van der Waals surface area contributed by atoms with Crippen molar-refractivity contribution < 1.29 is 31.1 Å². The summed E-state index contributed by atoms with van der Waals surface area (Å²) >= 11 is 1.27. The summed E-state index contributed by atoms with van der Waals surface area (Å²) in [5.41, 5.74) is 0. The van der Waals surface area contributed by atoms with E-state index in [0.29, 0.717) is 0 Å². The molecular formula is C16H18KN2O5S. The van der Waals surface area contributed by atoms with Crippen molar-refractivity contribution in [2.75, 3.05) is 6.61 Å². The number of aliphatic carboxylic acids is 1. The van der Waals surface area contributed by atoms with Crippen LogP contribution in [-0.2, 0) is 14.4 Å². The second-order valence-electron chi connectivity index (χ2n) is 5.89. The summed E-state index contributed by atoms with van der Waals surface area (Å²) in [5, 5.41) is 11.3. The number of hydrogen-bond acceptors (Lipinski definition) is 5. The van der Waals surface area contributed by atoms with Crippen molar-refractivity contribution in [2.24, 2.45) is 0 Å². The number of rotatable bonds is 5. The number of carboxylic acid groups (broad SMARTS) is 1. The molecule has 2 amide bonds. The summed E-state index contributed by atoms with van der Waals surface area (Å²) in [6.07, 6.45) is 0. The summed E-state index contributed by atoms with van der Waals surface area (Å²) in [6.45, 7) is 2.76. The molecule has 2 fully saturated rings. The fourth-order valence-electron chi connectivity index (χ4n) is 2.81. The third kappa shape index (κ3) is 4.06. The number of ether oxygens (including phenoxy) is 1. The zero-order valence-corrected chi connectivity index (χ0v) is 17.8. The maximum absolute atomic E-state index is 12.4. The molecule has 129 valence electrons. The van der Waals surface area contributed by atoms with Gasteiger partial charge in [-0.05, 0) is 25.9 Å². The van der Waals surface area contributed by atoms with Crippen LogP contribution in [0.4, 0.5) is 0 Å². The van der Waals surface area contributed by atoms with Crippen molar-refractivity contribution in [1.29, 1.82) is 0 Å². The fraction of sp³-hybridized carbons (Fsp3) is 0.438. The molecular weight excluding hydrogens is 371 g/mol. The number of nitrogens with zero attached hydrogens (tertiary/aromatic N) is 1. The molecule has 1 aromatic rings. The molecule has 2 aliphatic heterocycles. The predicted molar refractivity (Wildman–Crippen MR) is 93.3 cm³/mol. The number of para-hydroxylation sites is 1. The number of hydrogen-bond donors (Lipinski definition) is 2. The van der Waals surface area contributed by atoms with Crippen LogP contribution in [-0.4, -0.2) is 108 Å². The van der Waals surface area contributed by atoms with Crippen LogP contribution in [0.5, 0.6) is 5.75 Å². The van der Waals surface area contributed by atoms with Gasteiger partial charge in [0.2, 0.25) is 5.91 Å². The van der Waals surface area contributed by atoms with Gasteiger partial charge < -0.3 is 20.1 Å². The van der Waals surface area contributed by atoms with E-state index in [-0.39, 0.29) is 51.4 Å². The molecule has 0 bridgehead atoms. The minimum Gasteiger partial charge on any atom is -0.484 e. The Bertz CT molecular complexity index is 905. The first-order valence-corrected chi connectivity index (χ1v) is 7.98. The largest absolute Gasteiger partial charge is 0.484 e. The zero-order chi connectivity index (χ0) is 21.8. The van der Waals surface area contributed by atoms with Crippen molar-refractivity contribution in [3.63, 3.8) is 0 Å². The van der Waals surface area contributed by atoms with E-state index >= 15 is 0 Å². The second-order valence-corrected chi connectivity index (χ2v) is 7.66. The summed E-state index contributed by atoms with van der Waals surface area (Å²) in [6, 6.07) is -4.82. The number of carbonyl (C=O) groups excluding carboxylic acids is 2. The smallest absolute Gasteiger partial charge is 0.327 e. The third-order valence-electron chi connectivity index (χ3n) is 3.82. The van der Waals surface area contributed by atoms with Gasteiger partial charge in [-0.15, -0.1) is 11.8 Å². The van der Waals surface area contributed by atoms with Crippen molar-refractivity contribution in [2.45, 2.75) is 36.1 Å². The first-order valence-electron chi connectivity index (χ1n) is 9.60. The van der Waals surface area contributed by atoms with E-state index in [1.165, 1.54) is 16.7 Å². The summed E-state index contributed by atoms with van der Waals surface area (Å²) in [5.74, 6) is -2.83. The maximum atomic E-state index is 12.4. The first kappa shape index (κ1) is 14.5. The quantitative estimate of drug-likeness (QED) is 0.551. The Morgan fingerprint density at radius 2 is 2.04 bits per heavy atom. The van der Waals surface area contributed by atoms with Crippen LogP contribution in [0, 0.1) is 0 Å². The van der Waals surface area contributed by atoms with Gasteiger partial charge in [0, 0.05) is 56.1 Å². The molecule has 25 heavy (non-hydrogen) atoms. The molecule has 0 unspecified atom stereocenters. The molecule has 0 saturated carbocycles. The Hall–Kier alpha value is -0.584. The number of fused-ring (bicyclic) bond motifs is 1. The van der Waals surface area contributed by atoms with Crippen molar-refractivity contribution in [1.82, 2.24) is 10.2 Å². The molecule has 7 nitrogen and oxygen atoms in total. The molecule has 3 rings (SSSR count). The van der Waals surface area contributed by atoms with Crippen LogP contribution in [0.3, 0.4) is 0 Å². The van der Waals surface area contributed by atoms with Crippen molar-refractivity contribution in [3.8, 4) is 5.75 Å². The number of thioether (sulfide) groups is 1. The number of carbonyl (C=O) groups is 3. The zero-order valence-electron chi connectivity index (χ0n) is 18.9. The van der Waals surface area contributed by atoms with Crippen molar-refractivity contribution in [3.05, 3.63) is 30.2 Å². The molecule has 2 N–H and O–H groups in total. The van der Waals surface area contributed by atoms with E-state index in [1.54, 1.807) is 13.8 Å². The monoisotopic (exact) mass is 394 g/mol. The fourth-order valence-corrected chi connectivity index (χ4v) is 4.43. The summed E-state index contributed by atoms with van der Waals surface area (Å²) in [4.78, 5) is 37.3. The first-order chi connectivity index (χ1) is 13.4. The standard InChI is InChI=1S/C16H18N2O5S.K/c1-16(2)12(15(21)22)18-13(20)11(14(18)24-16)17-10(19)8-23-9-6-4-3-5-7-9;/h3-7,11-12,14H,8H2,1-2H3,(H,17,19)(H,21,22);/t11-,12+,14-;/m1./s1/i3D,4D,5D,6D,7D;. The van der Waals surface area contributed by atoms with Crippen LogP contribution >= 0.6 is 11.8 Å². The molecule has 2 aliphatic rings. The topological polar surface area (TPSA) is 95.9 Å². The molecule has 1 aromatic carbocycles. The summed E-state index contributed by atoms with van der Waals surface area (Å²) < 4.78 is 42.6. The average molecular weight is 395 g/mol. The molecule has 3 atom stereocenters. The van der Waals surface area contributed by atoms with Crippen LogP contribution in [0.25, 0.3) is 0 Å². The van der Waals surface area contributed by atoms with Gasteiger partial charge in [-0.2, -0.15) is 0 Å². The maximum Gasteiger partial charge on any atom is 0.327 e. The van der Waals surface area contributed by atoms with Crippen LogP contribution < -0.4 is 10.1 Å². The Labute approximate surface area is 199 Å². The van der Waals surface area contributed by atoms with Crippen LogP contribution in [0.2, 0.25) is 0 Å². The van der Waals surface area contributed by atoms with Gasteiger partial charge in [0.1, 0.15) is 23.2 Å². The van der Waals surface area contributed by atoms with Gasteiger partial charge in [0.05, 0.1) is 6.85 Å². The Kier molecular flexibility index (Phi) is 4.62. The molecule has 2 heterocycles. The molecule has 0 aromatic heterocycles. The van der Waals surface area contributed by atoms with E-state index in [9.17, 15) is 19.5 Å². The van der Waals surface area contributed by atoms with E-state index in [1.807, 2.05) is 0 Å². The SMILES string of the molecule is [2H]c1c([2H])c([2H])c(OCC(=O)N[C@@H]2C(=O)N3[C@@H]2SC(C)(C)[C@@H]3C(=O)O)c([2H])c1[2H].[K]. The van der Waals surface area contributed by atoms with Gasteiger partial charge in [0.25, 0.3) is 5.91 Å². The van der Waals surface area contributed by atoms with E-state index in [4.69, 9.17) is 11.6 Å². The minimum absolute atomic E-state index is 0. The Morgan fingerprint density at radius 1 is 1.40 bits per heavy atom. The number of β-lactam (4-membered cyclic amide) rings is 1. The van der Waals surface area contributed by atoms with Crippen LogP contribution in [0.15, 0.2) is 30.2 Å². The van der Waals surface area contributed by atoms with Crippen molar-refractivity contribution >= 4 is 80.9 Å². The van der Waals surface area contributed by atoms with Gasteiger partial charge in [-0.3, -0.25) is 9.59 Å².